The first-order valence-corrected chi connectivity index (χ1v) is 7.40. The first kappa shape index (κ1) is 27.6. The molecule has 1 aromatic rings. The molecule has 0 spiro atoms. The van der Waals surface area contributed by atoms with Crippen molar-refractivity contribution in [2.75, 3.05) is 6.61 Å². The van der Waals surface area contributed by atoms with Gasteiger partial charge in [0.05, 0.1) is 5.56 Å². The van der Waals surface area contributed by atoms with Crippen molar-refractivity contribution in [3.05, 3.63) is 30.1 Å². The van der Waals surface area contributed by atoms with Crippen molar-refractivity contribution in [1.82, 2.24) is 4.98 Å². The van der Waals surface area contributed by atoms with Crippen LogP contribution in [0, 0.1) is 0 Å². The summed E-state index contributed by atoms with van der Waals surface area (Å²) < 4.78 is 198. The van der Waals surface area contributed by atoms with E-state index in [0.29, 0.717) is 12.1 Å². The van der Waals surface area contributed by atoms with E-state index in [4.69, 9.17) is 0 Å². The third-order valence-electron chi connectivity index (χ3n) is 3.69. The molecule has 0 radical (unpaired) electrons. The van der Waals surface area contributed by atoms with Crippen molar-refractivity contribution in [2.24, 2.45) is 0 Å². The number of hydrogen-bond donors (Lipinski definition) is 0. The molecule has 0 aromatic carbocycles. The molecule has 0 N–H and O–H groups in total. The second kappa shape index (κ2) is 7.86. The first-order chi connectivity index (χ1) is 14.0. The molecular weight excluding hydrogens is 499 g/mol. The molecule has 3 nitrogen and oxygen atoms in total. The summed E-state index contributed by atoms with van der Waals surface area (Å²) in [4.78, 5) is 14.7. The summed E-state index contributed by atoms with van der Waals surface area (Å²) >= 11 is 0. The standard InChI is InChI=1S/C14H6F15NO2/c15-8(16,5-32-7(31)6-1-3-30-4-2-6)9(17,18)10(19,20)11(21,22)12(23,24)13(25,26)14(27,28)29/h1-4H,5H2. The molecule has 32 heavy (non-hydrogen) atoms. The highest BCUT2D eigenvalue weighted by molar-refractivity contribution is 5.89. The quantitative estimate of drug-likeness (QED) is 0.341. The Kier molecular flexibility index (Phi) is 6.78. The van der Waals surface area contributed by atoms with Crippen LogP contribution in [-0.4, -0.2) is 59.3 Å². The minimum Gasteiger partial charge on any atom is -0.455 e. The average Bonchev–Trinajstić information content (AvgIpc) is 2.65. The first-order valence-electron chi connectivity index (χ1n) is 7.40. The van der Waals surface area contributed by atoms with Crippen LogP contribution in [0.4, 0.5) is 65.9 Å². The molecule has 1 rings (SSSR count). The second-order valence-corrected chi connectivity index (χ2v) is 5.89. The number of pyridine rings is 1. The fraction of sp³-hybridized carbons (Fsp3) is 0.571. The molecule has 0 unspecified atom stereocenters. The molecule has 0 amide bonds. The van der Waals surface area contributed by atoms with Crippen LogP contribution in [0.15, 0.2) is 24.5 Å². The molecule has 0 aliphatic carbocycles. The van der Waals surface area contributed by atoms with E-state index in [9.17, 15) is 70.7 Å². The van der Waals surface area contributed by atoms with Gasteiger partial charge in [-0.1, -0.05) is 0 Å². The van der Waals surface area contributed by atoms with Gasteiger partial charge in [0.15, 0.2) is 6.61 Å². The van der Waals surface area contributed by atoms with Gasteiger partial charge in [0.2, 0.25) is 0 Å². The predicted molar refractivity (Wildman–Crippen MR) is 70.3 cm³/mol. The molecule has 0 fully saturated rings. The van der Waals surface area contributed by atoms with E-state index in [1.807, 2.05) is 0 Å². The van der Waals surface area contributed by atoms with Crippen molar-refractivity contribution in [1.29, 1.82) is 0 Å². The normalized spacial score (nSPS) is 15.0. The van der Waals surface area contributed by atoms with Gasteiger partial charge in [-0.25, -0.2) is 4.79 Å². The van der Waals surface area contributed by atoms with E-state index in [1.165, 1.54) is 0 Å². The summed E-state index contributed by atoms with van der Waals surface area (Å²) in [6.45, 7) is -3.19. The monoisotopic (exact) mass is 505 g/mol. The van der Waals surface area contributed by atoms with Gasteiger partial charge in [-0.3, -0.25) is 4.98 Å². The zero-order valence-electron chi connectivity index (χ0n) is 14.4. The maximum absolute atomic E-state index is 13.5. The maximum atomic E-state index is 13.5. The fourth-order valence-corrected chi connectivity index (χ4v) is 1.82. The Bertz CT molecular complexity index is 819. The number of carbonyl (C=O) groups excluding carboxylic acids is 1. The fourth-order valence-electron chi connectivity index (χ4n) is 1.82. The number of nitrogens with zero attached hydrogens (tertiary/aromatic N) is 1. The molecule has 1 aromatic heterocycles. The van der Waals surface area contributed by atoms with Crippen LogP contribution in [0.5, 0.6) is 0 Å². The predicted octanol–water partition coefficient (Wildman–Crippen LogP) is 5.61. The molecule has 0 saturated carbocycles. The Labute approximate surface area is 166 Å². The number of esters is 1. The Morgan fingerprint density at radius 1 is 0.656 bits per heavy atom. The lowest BCUT2D eigenvalue weighted by molar-refractivity contribution is -0.453. The number of rotatable bonds is 8. The third kappa shape index (κ3) is 4.02. The number of alkyl halides is 15. The topological polar surface area (TPSA) is 39.2 Å². The van der Waals surface area contributed by atoms with E-state index in [1.54, 1.807) is 0 Å². The van der Waals surface area contributed by atoms with Crippen LogP contribution in [0.3, 0.4) is 0 Å². The zero-order valence-corrected chi connectivity index (χ0v) is 14.4. The van der Waals surface area contributed by atoms with E-state index in [0.717, 1.165) is 12.4 Å². The summed E-state index contributed by atoms with van der Waals surface area (Å²) in [5, 5.41) is 0. The molecule has 0 atom stereocenters. The van der Waals surface area contributed by atoms with Gasteiger partial charge < -0.3 is 4.74 Å². The molecule has 0 aliphatic rings. The van der Waals surface area contributed by atoms with Crippen molar-refractivity contribution in [3.8, 4) is 0 Å². The lowest BCUT2D eigenvalue weighted by atomic mass is 9.91. The van der Waals surface area contributed by atoms with E-state index in [-0.39, 0.29) is 0 Å². The maximum Gasteiger partial charge on any atom is 0.460 e. The summed E-state index contributed by atoms with van der Waals surface area (Å²) in [6.07, 6.45) is -6.03. The minimum atomic E-state index is -8.39. The summed E-state index contributed by atoms with van der Waals surface area (Å²) in [5.74, 6) is -49.3. The van der Waals surface area contributed by atoms with Gasteiger partial charge in [0.1, 0.15) is 0 Å². The SMILES string of the molecule is O=C(OCC(F)(F)C(F)(F)C(F)(F)C(F)(F)C(F)(F)C(F)(F)C(F)(F)F)c1ccncc1. The van der Waals surface area contributed by atoms with Crippen molar-refractivity contribution >= 4 is 5.97 Å². The summed E-state index contributed by atoms with van der Waals surface area (Å²) in [6, 6.07) is 1.42. The Hall–Kier alpha value is -2.43. The molecule has 0 aliphatic heterocycles. The minimum absolute atomic E-state index is 0.709. The van der Waals surface area contributed by atoms with E-state index >= 15 is 0 Å². The molecule has 0 bridgehead atoms. The van der Waals surface area contributed by atoms with Gasteiger partial charge in [0.25, 0.3) is 0 Å². The van der Waals surface area contributed by atoms with Gasteiger partial charge in [-0.05, 0) is 12.1 Å². The number of hydrogen-bond acceptors (Lipinski definition) is 3. The smallest absolute Gasteiger partial charge is 0.455 e. The second-order valence-electron chi connectivity index (χ2n) is 5.89. The Morgan fingerprint density at radius 3 is 1.44 bits per heavy atom. The molecular formula is C14H6F15NO2. The van der Waals surface area contributed by atoms with Crippen LogP contribution in [0.1, 0.15) is 10.4 Å². The highest BCUT2D eigenvalue weighted by Crippen LogP contribution is 2.62. The molecule has 0 saturated heterocycles. The van der Waals surface area contributed by atoms with Crippen molar-refractivity contribution in [3.63, 3.8) is 0 Å². The summed E-state index contributed by atoms with van der Waals surface area (Å²) in [7, 11) is 0. The van der Waals surface area contributed by atoms with Crippen LogP contribution in [0.25, 0.3) is 0 Å². The third-order valence-corrected chi connectivity index (χ3v) is 3.69. The van der Waals surface area contributed by atoms with Crippen LogP contribution in [-0.2, 0) is 4.74 Å². The molecule has 1 heterocycles. The van der Waals surface area contributed by atoms with Gasteiger partial charge in [0, 0.05) is 12.4 Å². The highest BCUT2D eigenvalue weighted by Gasteiger charge is 2.93. The Balaban J connectivity index is 3.32. The lowest BCUT2D eigenvalue weighted by Gasteiger charge is -2.41. The van der Waals surface area contributed by atoms with E-state index in [2.05, 4.69) is 9.72 Å². The lowest BCUT2D eigenvalue weighted by Crippen LogP contribution is -2.73. The van der Waals surface area contributed by atoms with E-state index < -0.39 is 59.9 Å². The molecule has 18 heteroatoms. The van der Waals surface area contributed by atoms with Gasteiger partial charge in [-0.2, -0.15) is 65.9 Å². The van der Waals surface area contributed by atoms with Crippen molar-refractivity contribution < 1.29 is 75.4 Å². The number of ether oxygens (including phenoxy) is 1. The van der Waals surface area contributed by atoms with Gasteiger partial charge in [-0.15, -0.1) is 0 Å². The zero-order chi connectivity index (χ0) is 25.6. The van der Waals surface area contributed by atoms with Crippen LogP contribution in [0.2, 0.25) is 0 Å². The van der Waals surface area contributed by atoms with Crippen LogP contribution >= 0.6 is 0 Å². The largest absolute Gasteiger partial charge is 0.460 e. The summed E-state index contributed by atoms with van der Waals surface area (Å²) in [5.41, 5.74) is -0.715. The molecule has 184 valence electrons. The number of halogens is 15. The highest BCUT2D eigenvalue weighted by atomic mass is 19.4. The Morgan fingerprint density at radius 2 is 1.03 bits per heavy atom. The van der Waals surface area contributed by atoms with Crippen molar-refractivity contribution in [2.45, 2.75) is 41.7 Å². The average molecular weight is 505 g/mol. The number of aromatic nitrogens is 1. The van der Waals surface area contributed by atoms with Gasteiger partial charge >= 0.3 is 47.7 Å². The number of carbonyl (C=O) groups is 1. The van der Waals surface area contributed by atoms with Crippen LogP contribution < -0.4 is 0 Å².